The minimum absolute atomic E-state index is 0.0416. The van der Waals surface area contributed by atoms with Gasteiger partial charge in [-0.1, -0.05) is 54.8 Å². The Bertz CT molecular complexity index is 1060. The smallest absolute Gasteiger partial charge is 0.260 e. The van der Waals surface area contributed by atoms with Crippen LogP contribution in [0, 0.1) is 6.92 Å². The second-order valence-corrected chi connectivity index (χ2v) is 10.7. The third kappa shape index (κ3) is 5.08. The number of hydrogen-bond acceptors (Lipinski definition) is 4. The molecule has 2 heterocycles. The summed E-state index contributed by atoms with van der Waals surface area (Å²) in [5.74, 6) is 0.169. The Kier molecular flexibility index (Phi) is 7.07. The minimum Gasteiger partial charge on any atom is -0.378 e. The molecular formula is C28H32N2O3S. The molecule has 178 valence electrons. The van der Waals surface area contributed by atoms with E-state index in [1.54, 1.807) is 11.8 Å². The van der Waals surface area contributed by atoms with Crippen LogP contribution in [0.2, 0.25) is 0 Å². The highest BCUT2D eigenvalue weighted by Crippen LogP contribution is 2.42. The zero-order chi connectivity index (χ0) is 23.5. The lowest BCUT2D eigenvalue weighted by atomic mass is 9.92. The van der Waals surface area contributed by atoms with Gasteiger partial charge < -0.3 is 14.5 Å². The summed E-state index contributed by atoms with van der Waals surface area (Å²) in [6.45, 7) is 5.20. The summed E-state index contributed by atoms with van der Waals surface area (Å²) in [5.41, 5.74) is 4.05. The second kappa shape index (κ2) is 10.4. The predicted octanol–water partition coefficient (Wildman–Crippen LogP) is 4.90. The van der Waals surface area contributed by atoms with Gasteiger partial charge >= 0.3 is 0 Å². The van der Waals surface area contributed by atoms with Crippen LogP contribution < -0.4 is 0 Å². The van der Waals surface area contributed by atoms with E-state index in [2.05, 4.69) is 36.1 Å². The summed E-state index contributed by atoms with van der Waals surface area (Å²) in [4.78, 5) is 31.1. The van der Waals surface area contributed by atoms with Crippen LogP contribution in [0.4, 0.5) is 0 Å². The first-order valence-corrected chi connectivity index (χ1v) is 13.2. The maximum Gasteiger partial charge on any atom is 0.260 e. The van der Waals surface area contributed by atoms with Crippen molar-refractivity contribution in [3.8, 4) is 0 Å². The van der Waals surface area contributed by atoms with E-state index in [1.165, 1.54) is 24.0 Å². The van der Waals surface area contributed by atoms with Gasteiger partial charge in [0.05, 0.1) is 18.1 Å². The molecule has 2 aliphatic heterocycles. The third-order valence-corrected chi connectivity index (χ3v) is 8.44. The van der Waals surface area contributed by atoms with Crippen molar-refractivity contribution >= 4 is 29.7 Å². The topological polar surface area (TPSA) is 49.9 Å². The molecule has 2 unspecified atom stereocenters. The number of nitrogens with zero attached hydrogens (tertiary/aromatic N) is 2. The number of amides is 2. The molecule has 0 aromatic heterocycles. The number of benzene rings is 2. The highest BCUT2D eigenvalue weighted by molar-refractivity contribution is 8.04. The Morgan fingerprint density at radius 1 is 1.03 bits per heavy atom. The highest BCUT2D eigenvalue weighted by atomic mass is 32.2. The molecular weight excluding hydrogens is 444 g/mol. The van der Waals surface area contributed by atoms with Gasteiger partial charge in [0.1, 0.15) is 0 Å². The van der Waals surface area contributed by atoms with Gasteiger partial charge in [0, 0.05) is 36.5 Å². The van der Waals surface area contributed by atoms with E-state index in [9.17, 15) is 9.59 Å². The maximum atomic E-state index is 13.6. The van der Waals surface area contributed by atoms with Crippen LogP contribution in [-0.4, -0.2) is 59.2 Å². The molecule has 0 spiro atoms. The lowest BCUT2D eigenvalue weighted by Crippen LogP contribution is -2.50. The van der Waals surface area contributed by atoms with Gasteiger partial charge in [-0.3, -0.25) is 9.59 Å². The quantitative estimate of drug-likeness (QED) is 0.590. The van der Waals surface area contributed by atoms with Gasteiger partial charge in [-0.25, -0.2) is 0 Å². The summed E-state index contributed by atoms with van der Waals surface area (Å²) >= 11 is 1.75. The molecule has 2 amide bonds. The molecule has 5 nitrogen and oxygen atoms in total. The number of carbonyl (C=O) groups is 2. The van der Waals surface area contributed by atoms with E-state index in [4.69, 9.17) is 4.74 Å². The van der Waals surface area contributed by atoms with E-state index in [0.29, 0.717) is 49.7 Å². The molecule has 0 radical (unpaired) electrons. The standard InChI is InChI=1S/C28H32N2O3S/c1-20-6-8-22(9-7-20)19-30-24-4-2-3-5-25(24)34-26(28(30)32)18-21-10-12-23(13-11-21)27(31)29-14-16-33-17-15-29/h6-13,18,24-25H,2-5,14-17,19H2,1H3/b26-18+. The molecule has 2 aromatic carbocycles. The van der Waals surface area contributed by atoms with Crippen molar-refractivity contribution in [1.82, 2.24) is 9.80 Å². The molecule has 3 fully saturated rings. The fraction of sp³-hybridized carbons (Fsp3) is 0.429. The Morgan fingerprint density at radius 3 is 2.47 bits per heavy atom. The summed E-state index contributed by atoms with van der Waals surface area (Å²) in [6, 6.07) is 16.5. The molecule has 2 saturated heterocycles. The van der Waals surface area contributed by atoms with Crippen molar-refractivity contribution in [1.29, 1.82) is 0 Å². The molecule has 2 atom stereocenters. The van der Waals surface area contributed by atoms with Gasteiger partial charge in [0.25, 0.3) is 11.8 Å². The Labute approximate surface area is 206 Å². The summed E-state index contributed by atoms with van der Waals surface area (Å²) in [7, 11) is 0. The molecule has 0 N–H and O–H groups in total. The lowest BCUT2D eigenvalue weighted by molar-refractivity contribution is -0.130. The largest absolute Gasteiger partial charge is 0.378 e. The number of hydrogen-bond donors (Lipinski definition) is 0. The molecule has 2 aromatic rings. The van der Waals surface area contributed by atoms with E-state index in [0.717, 1.165) is 23.3 Å². The van der Waals surface area contributed by atoms with Crippen molar-refractivity contribution in [3.05, 3.63) is 75.7 Å². The van der Waals surface area contributed by atoms with Crippen LogP contribution in [0.25, 0.3) is 6.08 Å². The second-order valence-electron chi connectivity index (χ2n) is 9.46. The third-order valence-electron chi connectivity index (χ3n) is 7.05. The number of rotatable bonds is 4. The molecule has 3 aliphatic rings. The van der Waals surface area contributed by atoms with Crippen molar-refractivity contribution in [2.24, 2.45) is 0 Å². The minimum atomic E-state index is 0.0416. The van der Waals surface area contributed by atoms with Crippen LogP contribution in [0.15, 0.2) is 53.4 Å². The number of ether oxygens (including phenoxy) is 1. The van der Waals surface area contributed by atoms with Crippen molar-refractivity contribution < 1.29 is 14.3 Å². The van der Waals surface area contributed by atoms with E-state index in [1.807, 2.05) is 35.2 Å². The molecule has 1 aliphatic carbocycles. The summed E-state index contributed by atoms with van der Waals surface area (Å²) < 4.78 is 5.35. The monoisotopic (exact) mass is 476 g/mol. The fourth-order valence-electron chi connectivity index (χ4n) is 5.07. The van der Waals surface area contributed by atoms with Crippen LogP contribution >= 0.6 is 11.8 Å². The lowest BCUT2D eigenvalue weighted by Gasteiger charge is -2.44. The Hall–Kier alpha value is -2.57. The Morgan fingerprint density at radius 2 is 1.74 bits per heavy atom. The van der Waals surface area contributed by atoms with Gasteiger partial charge in [0.15, 0.2) is 0 Å². The van der Waals surface area contributed by atoms with Gasteiger partial charge in [0.2, 0.25) is 0 Å². The highest BCUT2D eigenvalue weighted by Gasteiger charge is 2.40. The van der Waals surface area contributed by atoms with Crippen LogP contribution in [-0.2, 0) is 16.1 Å². The number of morpholine rings is 1. The molecule has 6 heteroatoms. The first-order chi connectivity index (χ1) is 16.6. The number of aryl methyl sites for hydroxylation is 1. The number of thioether (sulfide) groups is 1. The average Bonchev–Trinajstić information content (AvgIpc) is 2.88. The summed E-state index contributed by atoms with van der Waals surface area (Å²) in [6.07, 6.45) is 6.66. The molecule has 0 bridgehead atoms. The number of carbonyl (C=O) groups excluding carboxylic acids is 2. The van der Waals surface area contributed by atoms with E-state index < -0.39 is 0 Å². The maximum absolute atomic E-state index is 13.6. The molecule has 5 rings (SSSR count). The van der Waals surface area contributed by atoms with Crippen molar-refractivity contribution in [3.63, 3.8) is 0 Å². The first kappa shape index (κ1) is 23.2. The zero-order valence-corrected chi connectivity index (χ0v) is 20.6. The number of fused-ring (bicyclic) bond motifs is 1. The van der Waals surface area contributed by atoms with Crippen LogP contribution in [0.5, 0.6) is 0 Å². The molecule has 34 heavy (non-hydrogen) atoms. The normalized spacial score (nSPS) is 24.3. The van der Waals surface area contributed by atoms with Gasteiger partial charge in [-0.2, -0.15) is 0 Å². The zero-order valence-electron chi connectivity index (χ0n) is 19.7. The average molecular weight is 477 g/mol. The van der Waals surface area contributed by atoms with Gasteiger partial charge in [-0.05, 0) is 49.1 Å². The van der Waals surface area contributed by atoms with Crippen molar-refractivity contribution in [2.45, 2.75) is 50.4 Å². The van der Waals surface area contributed by atoms with Crippen LogP contribution in [0.3, 0.4) is 0 Å². The van der Waals surface area contributed by atoms with Crippen LogP contribution in [0.1, 0.15) is 52.7 Å². The van der Waals surface area contributed by atoms with Gasteiger partial charge in [-0.15, -0.1) is 11.8 Å². The van der Waals surface area contributed by atoms with Crippen molar-refractivity contribution in [2.75, 3.05) is 26.3 Å². The molecule has 1 saturated carbocycles. The first-order valence-electron chi connectivity index (χ1n) is 12.3. The Balaban J connectivity index is 1.35. The summed E-state index contributed by atoms with van der Waals surface area (Å²) in [5, 5.41) is 0.449. The SMILES string of the molecule is Cc1ccc(CN2C(=O)/C(=C\c3ccc(C(=O)N4CCOCC4)cc3)SC3CCCCC32)cc1. The van der Waals surface area contributed by atoms with E-state index in [-0.39, 0.29) is 11.8 Å². The fourth-order valence-corrected chi connectivity index (χ4v) is 6.55. The predicted molar refractivity (Wildman–Crippen MR) is 137 cm³/mol. The van der Waals surface area contributed by atoms with E-state index >= 15 is 0 Å².